The Morgan fingerprint density at radius 3 is 2.78 bits per heavy atom. The highest BCUT2D eigenvalue weighted by molar-refractivity contribution is 5.93. The number of hydrogen-bond acceptors (Lipinski definition) is 4. The molecule has 1 aliphatic carbocycles. The van der Waals surface area contributed by atoms with Crippen molar-refractivity contribution in [1.29, 1.82) is 0 Å². The quantitative estimate of drug-likeness (QED) is 0.748. The summed E-state index contributed by atoms with van der Waals surface area (Å²) in [5.74, 6) is 0.252. The minimum absolute atomic E-state index is 0.151. The van der Waals surface area contributed by atoms with E-state index in [1.165, 1.54) is 12.8 Å². The zero-order valence-corrected chi connectivity index (χ0v) is 10.6. The van der Waals surface area contributed by atoms with Gasteiger partial charge in [0.2, 0.25) is 5.91 Å². The van der Waals surface area contributed by atoms with Crippen molar-refractivity contribution in [2.24, 2.45) is 11.5 Å². The number of nitrogens with two attached hydrogens (primary N) is 2. The van der Waals surface area contributed by atoms with Gasteiger partial charge < -0.3 is 16.8 Å². The van der Waals surface area contributed by atoms with E-state index in [9.17, 15) is 4.79 Å². The summed E-state index contributed by atoms with van der Waals surface area (Å²) in [7, 11) is 0. The predicted octanol–water partition coefficient (Wildman–Crippen LogP) is 1.17. The first-order valence-electron chi connectivity index (χ1n) is 6.37. The van der Waals surface area contributed by atoms with Crippen LogP contribution < -0.4 is 16.8 Å². The Morgan fingerprint density at radius 2 is 2.11 bits per heavy atom. The third-order valence-electron chi connectivity index (χ3n) is 3.39. The third kappa shape index (κ3) is 2.98. The van der Waals surface area contributed by atoms with Crippen LogP contribution in [0.2, 0.25) is 0 Å². The van der Waals surface area contributed by atoms with Gasteiger partial charge in [0.1, 0.15) is 5.82 Å². The van der Waals surface area contributed by atoms with E-state index in [-0.39, 0.29) is 12.1 Å². The monoisotopic (exact) mass is 248 g/mol. The molecule has 18 heavy (non-hydrogen) atoms. The van der Waals surface area contributed by atoms with Crippen LogP contribution in [-0.2, 0) is 0 Å². The van der Waals surface area contributed by atoms with Gasteiger partial charge in [-0.05, 0) is 31.9 Å². The van der Waals surface area contributed by atoms with Crippen LogP contribution in [0.5, 0.6) is 0 Å². The van der Waals surface area contributed by atoms with Crippen LogP contribution in [-0.4, -0.2) is 23.0 Å². The maximum absolute atomic E-state index is 11.2. The summed E-state index contributed by atoms with van der Waals surface area (Å²) >= 11 is 0. The molecule has 0 bridgehead atoms. The highest BCUT2D eigenvalue weighted by Crippen LogP contribution is 2.21. The van der Waals surface area contributed by atoms with Gasteiger partial charge in [-0.2, -0.15) is 0 Å². The molecular weight excluding hydrogens is 228 g/mol. The van der Waals surface area contributed by atoms with Crippen LogP contribution in [0.1, 0.15) is 41.7 Å². The first kappa shape index (κ1) is 12.8. The first-order chi connectivity index (χ1) is 8.56. The molecule has 2 unspecified atom stereocenters. The molecule has 0 aromatic carbocycles. The molecule has 2 rings (SSSR count). The maximum atomic E-state index is 11.2. The van der Waals surface area contributed by atoms with Gasteiger partial charge in [0.05, 0.1) is 0 Å². The van der Waals surface area contributed by atoms with E-state index in [0.717, 1.165) is 18.5 Å². The average molecular weight is 248 g/mol. The number of primary amides is 1. The lowest BCUT2D eigenvalue weighted by atomic mass is 9.91. The van der Waals surface area contributed by atoms with Crippen molar-refractivity contribution in [3.05, 3.63) is 23.4 Å². The minimum atomic E-state index is -0.434. The predicted molar refractivity (Wildman–Crippen MR) is 71.3 cm³/mol. The lowest BCUT2D eigenvalue weighted by Crippen LogP contribution is -2.42. The molecule has 0 aliphatic heterocycles. The van der Waals surface area contributed by atoms with E-state index in [4.69, 9.17) is 11.5 Å². The molecule has 5 heteroatoms. The third-order valence-corrected chi connectivity index (χ3v) is 3.39. The molecule has 1 heterocycles. The normalized spacial score (nSPS) is 23.7. The Morgan fingerprint density at radius 1 is 1.39 bits per heavy atom. The van der Waals surface area contributed by atoms with Crippen molar-refractivity contribution in [3.8, 4) is 0 Å². The summed E-state index contributed by atoms with van der Waals surface area (Å²) in [6, 6.07) is 3.76. The summed E-state index contributed by atoms with van der Waals surface area (Å²) in [6.45, 7) is 1.85. The molecule has 1 aliphatic rings. The molecule has 1 fully saturated rings. The van der Waals surface area contributed by atoms with Crippen molar-refractivity contribution in [2.75, 3.05) is 5.32 Å². The molecule has 1 amide bonds. The fourth-order valence-electron chi connectivity index (χ4n) is 2.41. The molecule has 0 spiro atoms. The highest BCUT2D eigenvalue weighted by atomic mass is 16.1. The van der Waals surface area contributed by atoms with Gasteiger partial charge in [0.15, 0.2) is 0 Å². The number of carbonyl (C=O) groups excluding carboxylic acids is 1. The minimum Gasteiger partial charge on any atom is -0.366 e. The Balaban J connectivity index is 2.15. The first-order valence-corrected chi connectivity index (χ1v) is 6.37. The number of anilines is 1. The number of amides is 1. The van der Waals surface area contributed by atoms with Gasteiger partial charge in [-0.15, -0.1) is 0 Å². The van der Waals surface area contributed by atoms with E-state index >= 15 is 0 Å². The summed E-state index contributed by atoms with van der Waals surface area (Å²) in [4.78, 5) is 15.6. The van der Waals surface area contributed by atoms with Crippen molar-refractivity contribution in [1.82, 2.24) is 4.98 Å². The molecule has 0 saturated heterocycles. The van der Waals surface area contributed by atoms with E-state index in [1.807, 2.05) is 6.92 Å². The number of hydrogen-bond donors (Lipinski definition) is 3. The lowest BCUT2D eigenvalue weighted by Gasteiger charge is -2.29. The Bertz CT molecular complexity index is 447. The number of nitrogens with zero attached hydrogens (tertiary/aromatic N) is 1. The fourth-order valence-corrected chi connectivity index (χ4v) is 2.41. The van der Waals surface area contributed by atoms with E-state index in [2.05, 4.69) is 10.3 Å². The van der Waals surface area contributed by atoms with Gasteiger partial charge in [0, 0.05) is 23.3 Å². The Labute approximate surface area is 107 Å². The molecule has 2 atom stereocenters. The van der Waals surface area contributed by atoms with Crippen LogP contribution >= 0.6 is 0 Å². The van der Waals surface area contributed by atoms with Gasteiger partial charge in [-0.1, -0.05) is 12.8 Å². The second-order valence-electron chi connectivity index (χ2n) is 4.95. The smallest absolute Gasteiger partial charge is 0.248 e. The van der Waals surface area contributed by atoms with E-state index in [1.54, 1.807) is 12.1 Å². The Hall–Kier alpha value is -1.62. The highest BCUT2D eigenvalue weighted by Gasteiger charge is 2.22. The fraction of sp³-hybridized carbons (Fsp3) is 0.538. The number of nitrogens with one attached hydrogen (secondary N) is 1. The van der Waals surface area contributed by atoms with Crippen molar-refractivity contribution in [2.45, 2.75) is 44.7 Å². The largest absolute Gasteiger partial charge is 0.366 e. The second-order valence-corrected chi connectivity index (χ2v) is 4.95. The number of carbonyl (C=O) groups is 1. The van der Waals surface area contributed by atoms with Crippen molar-refractivity contribution in [3.63, 3.8) is 0 Å². The molecular formula is C13H20N4O. The van der Waals surface area contributed by atoms with Gasteiger partial charge in [0.25, 0.3) is 0 Å². The topological polar surface area (TPSA) is 94.0 Å². The average Bonchev–Trinajstić information content (AvgIpc) is 2.31. The number of pyridine rings is 1. The van der Waals surface area contributed by atoms with Crippen LogP contribution in [0, 0.1) is 6.92 Å². The standard InChI is InChI=1S/C13H20N4O/c1-8-6-9(13(15)18)7-12(16-8)17-11-5-3-2-4-10(11)14/h6-7,10-11H,2-5,14H2,1H3,(H2,15,18)(H,16,17). The van der Waals surface area contributed by atoms with Crippen molar-refractivity contribution < 1.29 is 4.79 Å². The molecule has 1 aromatic heterocycles. The van der Waals surface area contributed by atoms with Crippen LogP contribution in [0.15, 0.2) is 12.1 Å². The molecule has 0 radical (unpaired) electrons. The SMILES string of the molecule is Cc1cc(C(N)=O)cc(NC2CCCCC2N)n1. The van der Waals surface area contributed by atoms with Crippen molar-refractivity contribution >= 4 is 11.7 Å². The summed E-state index contributed by atoms with van der Waals surface area (Å²) in [6.07, 6.45) is 4.45. The summed E-state index contributed by atoms with van der Waals surface area (Å²) in [5, 5.41) is 3.32. The lowest BCUT2D eigenvalue weighted by molar-refractivity contribution is 0.1000. The molecule has 1 saturated carbocycles. The summed E-state index contributed by atoms with van der Waals surface area (Å²) < 4.78 is 0. The maximum Gasteiger partial charge on any atom is 0.248 e. The van der Waals surface area contributed by atoms with Gasteiger partial charge in [-0.25, -0.2) is 4.98 Å². The molecule has 98 valence electrons. The van der Waals surface area contributed by atoms with Crippen LogP contribution in [0.25, 0.3) is 0 Å². The zero-order chi connectivity index (χ0) is 13.1. The summed E-state index contributed by atoms with van der Waals surface area (Å²) in [5.41, 5.74) is 12.6. The zero-order valence-electron chi connectivity index (χ0n) is 10.6. The van der Waals surface area contributed by atoms with Gasteiger partial charge >= 0.3 is 0 Å². The Kier molecular flexibility index (Phi) is 3.81. The molecule has 5 nitrogen and oxygen atoms in total. The van der Waals surface area contributed by atoms with E-state index in [0.29, 0.717) is 11.4 Å². The second kappa shape index (κ2) is 5.35. The van der Waals surface area contributed by atoms with Crippen LogP contribution in [0.3, 0.4) is 0 Å². The number of rotatable bonds is 3. The molecule has 5 N–H and O–H groups in total. The van der Waals surface area contributed by atoms with E-state index < -0.39 is 5.91 Å². The van der Waals surface area contributed by atoms with Crippen LogP contribution in [0.4, 0.5) is 5.82 Å². The molecule has 1 aromatic rings. The number of aryl methyl sites for hydroxylation is 1. The number of aromatic nitrogens is 1. The van der Waals surface area contributed by atoms with Gasteiger partial charge in [-0.3, -0.25) is 4.79 Å².